The number of carbonyl (C=O) groups excluding carboxylic acids is 2. The summed E-state index contributed by atoms with van der Waals surface area (Å²) in [5, 5.41) is 3.60. The lowest BCUT2D eigenvalue weighted by atomic mass is 10.1. The van der Waals surface area contributed by atoms with E-state index in [0.29, 0.717) is 15.6 Å². The Labute approximate surface area is 197 Å². The van der Waals surface area contributed by atoms with Crippen LogP contribution in [0, 0.1) is 13.8 Å². The van der Waals surface area contributed by atoms with E-state index < -0.39 is 6.03 Å². The number of urea groups is 1. The number of carbonyl (C=O) groups is 2. The molecule has 1 aliphatic heterocycles. The number of aryl methyl sites for hydroxylation is 2. The summed E-state index contributed by atoms with van der Waals surface area (Å²) in [6, 6.07) is 14.8. The highest BCUT2D eigenvalue weighted by Crippen LogP contribution is 2.27. The van der Waals surface area contributed by atoms with Crippen molar-refractivity contribution in [2.24, 2.45) is 0 Å². The Morgan fingerprint density at radius 1 is 1.00 bits per heavy atom. The van der Waals surface area contributed by atoms with Crippen molar-refractivity contribution in [3.05, 3.63) is 92.4 Å². The molecule has 32 heavy (non-hydrogen) atoms. The van der Waals surface area contributed by atoms with Crippen LogP contribution in [0.2, 0.25) is 10.0 Å². The Bertz CT molecular complexity index is 1260. The number of hydrogen-bond acceptors (Lipinski definition) is 2. The third kappa shape index (κ3) is 4.06. The van der Waals surface area contributed by atoms with Crippen LogP contribution in [-0.4, -0.2) is 21.4 Å². The van der Waals surface area contributed by atoms with Gasteiger partial charge in [-0.3, -0.25) is 9.69 Å². The molecule has 0 unspecified atom stereocenters. The number of aromatic nitrogens is 1. The van der Waals surface area contributed by atoms with Crippen LogP contribution in [0.4, 0.5) is 4.79 Å². The first-order valence-electron chi connectivity index (χ1n) is 10.4. The van der Waals surface area contributed by atoms with Gasteiger partial charge in [-0.2, -0.15) is 0 Å². The number of amides is 3. The minimum atomic E-state index is -0.475. The van der Waals surface area contributed by atoms with Crippen molar-refractivity contribution in [1.82, 2.24) is 14.8 Å². The topological polar surface area (TPSA) is 54.3 Å². The highest BCUT2D eigenvalue weighted by molar-refractivity contribution is 6.35. The van der Waals surface area contributed by atoms with Crippen molar-refractivity contribution < 1.29 is 9.59 Å². The second-order valence-electron chi connectivity index (χ2n) is 7.76. The summed E-state index contributed by atoms with van der Waals surface area (Å²) < 4.78 is 2.18. The molecule has 0 radical (unpaired) electrons. The average molecular weight is 468 g/mol. The largest absolute Gasteiger partial charge is 0.329 e. The van der Waals surface area contributed by atoms with Gasteiger partial charge in [-0.05, 0) is 67.3 Å². The number of para-hydroxylation sites is 1. The van der Waals surface area contributed by atoms with E-state index >= 15 is 0 Å². The molecule has 1 aromatic heterocycles. The van der Waals surface area contributed by atoms with Crippen LogP contribution in [0.15, 0.2) is 54.2 Å². The first-order chi connectivity index (χ1) is 15.3. The molecule has 7 heteroatoms. The van der Waals surface area contributed by atoms with Gasteiger partial charge in [0.1, 0.15) is 5.70 Å². The maximum Gasteiger partial charge on any atom is 0.329 e. The van der Waals surface area contributed by atoms with Crippen LogP contribution in [0.25, 0.3) is 11.8 Å². The molecule has 1 aliphatic rings. The second kappa shape index (κ2) is 8.85. The van der Waals surface area contributed by atoms with E-state index in [1.165, 1.54) is 5.56 Å². The van der Waals surface area contributed by atoms with Gasteiger partial charge in [0.05, 0.1) is 6.54 Å². The maximum absolute atomic E-state index is 13.0. The average Bonchev–Trinajstić information content (AvgIpc) is 3.19. The van der Waals surface area contributed by atoms with Crippen molar-refractivity contribution in [2.45, 2.75) is 33.7 Å². The van der Waals surface area contributed by atoms with Gasteiger partial charge in [-0.15, -0.1) is 0 Å². The van der Waals surface area contributed by atoms with Gasteiger partial charge in [0.25, 0.3) is 5.91 Å². The number of hydrogen-bond donors (Lipinski definition) is 1. The number of benzene rings is 2. The van der Waals surface area contributed by atoms with Crippen molar-refractivity contribution in [3.63, 3.8) is 0 Å². The zero-order chi connectivity index (χ0) is 23.0. The van der Waals surface area contributed by atoms with E-state index in [0.717, 1.165) is 34.0 Å². The highest BCUT2D eigenvalue weighted by Gasteiger charge is 2.34. The SMILES string of the molecule is CCc1ccccc1-n1c(C)cc(/C=C2\NC(=O)N(Cc3ccc(Cl)cc3Cl)C2=O)c1C. The summed E-state index contributed by atoms with van der Waals surface area (Å²) >= 11 is 12.2. The van der Waals surface area contributed by atoms with E-state index in [2.05, 4.69) is 28.9 Å². The van der Waals surface area contributed by atoms with Gasteiger partial charge >= 0.3 is 6.03 Å². The van der Waals surface area contributed by atoms with E-state index in [1.807, 2.05) is 32.0 Å². The van der Waals surface area contributed by atoms with Crippen molar-refractivity contribution in [2.75, 3.05) is 0 Å². The number of halogens is 2. The molecule has 0 spiro atoms. The Morgan fingerprint density at radius 2 is 1.75 bits per heavy atom. The molecule has 3 amide bonds. The lowest BCUT2D eigenvalue weighted by Crippen LogP contribution is -2.30. The fourth-order valence-corrected chi connectivity index (χ4v) is 4.49. The fourth-order valence-electron chi connectivity index (χ4n) is 4.02. The van der Waals surface area contributed by atoms with Crippen LogP contribution in [-0.2, 0) is 17.8 Å². The predicted octanol–water partition coefficient (Wildman–Crippen LogP) is 6.06. The standard InChI is InChI=1S/C25H23Cl2N3O2/c1-4-17-7-5-6-8-23(17)30-15(2)11-19(16(30)3)12-22-24(31)29(25(32)28-22)14-18-9-10-20(26)13-21(18)27/h5-13H,4,14H2,1-3H3,(H,28,32)/b22-12-. The molecule has 164 valence electrons. The lowest BCUT2D eigenvalue weighted by Gasteiger charge is -2.14. The van der Waals surface area contributed by atoms with Gasteiger partial charge in [-0.1, -0.05) is 54.4 Å². The zero-order valence-electron chi connectivity index (χ0n) is 18.1. The number of imide groups is 1. The zero-order valence-corrected chi connectivity index (χ0v) is 19.6. The maximum atomic E-state index is 13.0. The molecule has 5 nitrogen and oxygen atoms in total. The fraction of sp³-hybridized carbons (Fsp3) is 0.200. The smallest absolute Gasteiger partial charge is 0.318 e. The Morgan fingerprint density at radius 3 is 2.47 bits per heavy atom. The predicted molar refractivity (Wildman–Crippen MR) is 128 cm³/mol. The first kappa shape index (κ1) is 22.2. The van der Waals surface area contributed by atoms with E-state index in [4.69, 9.17) is 23.2 Å². The molecular weight excluding hydrogens is 445 g/mol. The second-order valence-corrected chi connectivity index (χ2v) is 8.60. The van der Waals surface area contributed by atoms with E-state index in [9.17, 15) is 9.59 Å². The summed E-state index contributed by atoms with van der Waals surface area (Å²) in [6.45, 7) is 6.24. The molecule has 1 N–H and O–H groups in total. The molecule has 0 aliphatic carbocycles. The number of nitrogens with one attached hydrogen (secondary N) is 1. The van der Waals surface area contributed by atoms with Crippen LogP contribution in [0.3, 0.4) is 0 Å². The minimum Gasteiger partial charge on any atom is -0.318 e. The van der Waals surface area contributed by atoms with Crippen LogP contribution >= 0.6 is 23.2 Å². The molecule has 0 atom stereocenters. The van der Waals surface area contributed by atoms with Crippen LogP contribution in [0.5, 0.6) is 0 Å². The molecule has 0 saturated carbocycles. The number of rotatable bonds is 5. The lowest BCUT2D eigenvalue weighted by molar-refractivity contribution is -0.123. The molecule has 0 bridgehead atoms. The summed E-state index contributed by atoms with van der Waals surface area (Å²) in [5.41, 5.74) is 6.18. The summed E-state index contributed by atoms with van der Waals surface area (Å²) in [5.74, 6) is -0.389. The molecule has 2 aromatic carbocycles. The van der Waals surface area contributed by atoms with Crippen molar-refractivity contribution in [1.29, 1.82) is 0 Å². The van der Waals surface area contributed by atoms with Crippen LogP contribution in [0.1, 0.15) is 35.0 Å². The molecule has 1 saturated heterocycles. The summed E-state index contributed by atoms with van der Waals surface area (Å²) in [4.78, 5) is 26.6. The first-order valence-corrected chi connectivity index (χ1v) is 11.1. The Hall–Kier alpha value is -3.02. The molecule has 1 fully saturated rings. The minimum absolute atomic E-state index is 0.0703. The Balaban J connectivity index is 1.65. The van der Waals surface area contributed by atoms with Gasteiger partial charge in [0.2, 0.25) is 0 Å². The van der Waals surface area contributed by atoms with Crippen LogP contribution < -0.4 is 5.32 Å². The van der Waals surface area contributed by atoms with Gasteiger partial charge in [0.15, 0.2) is 0 Å². The molecule has 4 rings (SSSR count). The van der Waals surface area contributed by atoms with Crippen molar-refractivity contribution in [3.8, 4) is 5.69 Å². The third-order valence-electron chi connectivity index (χ3n) is 5.69. The van der Waals surface area contributed by atoms with E-state index in [-0.39, 0.29) is 18.1 Å². The van der Waals surface area contributed by atoms with Gasteiger partial charge in [-0.25, -0.2) is 4.79 Å². The highest BCUT2D eigenvalue weighted by atomic mass is 35.5. The monoisotopic (exact) mass is 467 g/mol. The summed E-state index contributed by atoms with van der Waals surface area (Å²) in [6.07, 6.45) is 2.65. The quantitative estimate of drug-likeness (QED) is 0.366. The van der Waals surface area contributed by atoms with Gasteiger partial charge in [0, 0.05) is 27.1 Å². The third-order valence-corrected chi connectivity index (χ3v) is 6.28. The Kier molecular flexibility index (Phi) is 6.13. The normalized spacial score (nSPS) is 15.0. The summed E-state index contributed by atoms with van der Waals surface area (Å²) in [7, 11) is 0. The molecule has 3 aromatic rings. The molecular formula is C25H23Cl2N3O2. The number of nitrogens with zero attached hydrogens (tertiary/aromatic N) is 2. The molecule has 2 heterocycles. The van der Waals surface area contributed by atoms with Crippen molar-refractivity contribution >= 4 is 41.2 Å². The van der Waals surface area contributed by atoms with Gasteiger partial charge < -0.3 is 9.88 Å². The van der Waals surface area contributed by atoms with E-state index in [1.54, 1.807) is 24.3 Å².